The Kier molecular flexibility index (Phi) is 11.6. The zero-order valence-corrected chi connectivity index (χ0v) is 22.9. The van der Waals surface area contributed by atoms with Gasteiger partial charge in [-0.3, -0.25) is 9.59 Å². The zero-order chi connectivity index (χ0) is 28.6. The highest BCUT2D eigenvalue weighted by atomic mass is 33.1. The maximum Gasteiger partial charge on any atom is 0.326 e. The first-order valence-electron chi connectivity index (χ1n) is 11.9. The molecule has 0 saturated heterocycles. The molecule has 2 aromatic rings. The van der Waals surface area contributed by atoms with E-state index in [2.05, 4.69) is 10.6 Å². The van der Waals surface area contributed by atoms with Crippen molar-refractivity contribution in [1.82, 2.24) is 10.6 Å². The van der Waals surface area contributed by atoms with E-state index in [9.17, 15) is 38.2 Å². The number of hydrogen-bond donors (Lipinski definition) is 4. The van der Waals surface area contributed by atoms with Gasteiger partial charge in [0.15, 0.2) is 0 Å². The molecular weight excluding hydrogens is 538 g/mol. The molecule has 0 saturated carbocycles. The van der Waals surface area contributed by atoms with Crippen LogP contribution in [0.15, 0.2) is 46.2 Å². The van der Waals surface area contributed by atoms with Crippen molar-refractivity contribution in [1.29, 1.82) is 0 Å². The van der Waals surface area contributed by atoms with Gasteiger partial charge >= 0.3 is 11.9 Å². The lowest BCUT2D eigenvalue weighted by atomic mass is 9.99. The molecular formula is C26H30F2N2O6S2. The lowest BCUT2D eigenvalue weighted by Crippen LogP contribution is -2.45. The molecule has 2 amide bonds. The van der Waals surface area contributed by atoms with Gasteiger partial charge in [-0.15, -0.1) is 0 Å². The van der Waals surface area contributed by atoms with Crippen molar-refractivity contribution >= 4 is 45.3 Å². The van der Waals surface area contributed by atoms with Crippen LogP contribution in [0.3, 0.4) is 0 Å². The summed E-state index contributed by atoms with van der Waals surface area (Å²) in [4.78, 5) is 48.8. The fourth-order valence-corrected chi connectivity index (χ4v) is 5.91. The Morgan fingerprint density at radius 3 is 1.37 bits per heavy atom. The topological polar surface area (TPSA) is 133 Å². The number of nitrogens with one attached hydrogen (secondary N) is 2. The third kappa shape index (κ3) is 7.70. The monoisotopic (exact) mass is 568 g/mol. The number of carbonyl (C=O) groups excluding carboxylic acids is 2. The van der Waals surface area contributed by atoms with Gasteiger partial charge in [0.05, 0.1) is 20.9 Å². The van der Waals surface area contributed by atoms with Gasteiger partial charge in [0.2, 0.25) is 0 Å². The third-order valence-electron chi connectivity index (χ3n) is 6.16. The highest BCUT2D eigenvalue weighted by molar-refractivity contribution is 8.76. The highest BCUT2D eigenvalue weighted by Crippen LogP contribution is 2.43. The minimum Gasteiger partial charge on any atom is -0.480 e. The van der Waals surface area contributed by atoms with Gasteiger partial charge in [-0.1, -0.05) is 52.7 Å². The van der Waals surface area contributed by atoms with Crippen molar-refractivity contribution in [2.45, 2.75) is 62.4 Å². The van der Waals surface area contributed by atoms with E-state index in [1.165, 1.54) is 24.3 Å². The van der Waals surface area contributed by atoms with Crippen molar-refractivity contribution in [2.75, 3.05) is 0 Å². The van der Waals surface area contributed by atoms with Crippen LogP contribution in [0.5, 0.6) is 0 Å². The zero-order valence-electron chi connectivity index (χ0n) is 21.3. The van der Waals surface area contributed by atoms with Crippen LogP contribution in [-0.2, 0) is 9.59 Å². The Morgan fingerprint density at radius 2 is 1.08 bits per heavy atom. The van der Waals surface area contributed by atoms with E-state index >= 15 is 0 Å². The fourth-order valence-electron chi connectivity index (χ4n) is 3.43. The first kappa shape index (κ1) is 31.1. The predicted molar refractivity (Wildman–Crippen MR) is 141 cm³/mol. The number of amides is 2. The van der Waals surface area contributed by atoms with E-state index in [4.69, 9.17) is 0 Å². The van der Waals surface area contributed by atoms with Crippen molar-refractivity contribution in [3.63, 3.8) is 0 Å². The molecule has 2 rings (SSSR count). The molecule has 0 bridgehead atoms. The number of aliphatic carboxylic acids is 2. The number of benzene rings is 2. The molecule has 206 valence electrons. The van der Waals surface area contributed by atoms with Gasteiger partial charge in [0.1, 0.15) is 23.7 Å². The molecule has 0 aliphatic carbocycles. The van der Waals surface area contributed by atoms with Gasteiger partial charge in [-0.2, -0.15) is 0 Å². The van der Waals surface area contributed by atoms with Crippen molar-refractivity contribution in [2.24, 2.45) is 11.8 Å². The quantitative estimate of drug-likeness (QED) is 0.242. The summed E-state index contributed by atoms with van der Waals surface area (Å²) in [5, 5.41) is 23.8. The largest absolute Gasteiger partial charge is 0.480 e. The lowest BCUT2D eigenvalue weighted by Gasteiger charge is -2.21. The molecule has 0 spiro atoms. The molecule has 2 aromatic carbocycles. The SMILES string of the molecule is CCC(C)[C@H](NC(=O)c1cccc(F)c1SSc1c(F)cccc1C(=O)N[C@H](C(=O)O)C(C)CC)C(=O)O. The van der Waals surface area contributed by atoms with Crippen LogP contribution in [0.2, 0.25) is 0 Å². The molecule has 4 N–H and O–H groups in total. The maximum atomic E-state index is 14.8. The highest BCUT2D eigenvalue weighted by Gasteiger charge is 2.29. The van der Waals surface area contributed by atoms with Crippen molar-refractivity contribution in [3.8, 4) is 0 Å². The van der Waals surface area contributed by atoms with Crippen LogP contribution in [0.4, 0.5) is 8.78 Å². The van der Waals surface area contributed by atoms with Crippen LogP contribution < -0.4 is 10.6 Å². The predicted octanol–water partition coefficient (Wildman–Crippen LogP) is 5.22. The van der Waals surface area contributed by atoms with Crippen LogP contribution >= 0.6 is 21.6 Å². The Balaban J connectivity index is 2.35. The van der Waals surface area contributed by atoms with Crippen LogP contribution in [0.25, 0.3) is 0 Å². The fraction of sp³-hybridized carbons (Fsp3) is 0.385. The van der Waals surface area contributed by atoms with Crippen LogP contribution in [0, 0.1) is 23.5 Å². The molecule has 0 aliphatic rings. The molecule has 0 aliphatic heterocycles. The second-order valence-corrected chi connectivity index (χ2v) is 10.9. The Bertz CT molecular complexity index is 1100. The first-order valence-corrected chi connectivity index (χ1v) is 14.1. The van der Waals surface area contributed by atoms with E-state index in [1.807, 2.05) is 0 Å². The van der Waals surface area contributed by atoms with Gasteiger partial charge in [0.25, 0.3) is 11.8 Å². The van der Waals surface area contributed by atoms with Gasteiger partial charge in [-0.25, -0.2) is 18.4 Å². The number of carboxylic acids is 2. The average molecular weight is 569 g/mol. The van der Waals surface area contributed by atoms with E-state index in [-0.39, 0.29) is 32.8 Å². The van der Waals surface area contributed by atoms with E-state index < -0.39 is 47.5 Å². The van der Waals surface area contributed by atoms with Crippen molar-refractivity contribution < 1.29 is 38.2 Å². The van der Waals surface area contributed by atoms with Gasteiger partial charge in [-0.05, 0) is 57.7 Å². The number of carbonyl (C=O) groups is 4. The number of rotatable bonds is 13. The number of hydrogen-bond acceptors (Lipinski definition) is 6. The summed E-state index contributed by atoms with van der Waals surface area (Å²) in [5.41, 5.74) is -0.302. The van der Waals surface area contributed by atoms with Crippen LogP contribution in [0.1, 0.15) is 61.3 Å². The standard InChI is InChI=1S/C26H30F2N2O6S2/c1-5-13(3)19(25(33)34)29-23(31)15-9-7-11-17(27)21(15)37-38-22-16(10-8-12-18(22)28)24(32)30-20(26(35)36)14(4)6-2/h7-14,19-20H,5-6H2,1-4H3,(H,29,31)(H,30,32)(H,33,34)(H,35,36)/t13?,14?,19-,20-/m0/s1. The molecule has 2 unspecified atom stereocenters. The molecule has 0 radical (unpaired) electrons. The van der Waals surface area contributed by atoms with Crippen molar-refractivity contribution in [3.05, 3.63) is 59.2 Å². The molecule has 4 atom stereocenters. The summed E-state index contributed by atoms with van der Waals surface area (Å²) < 4.78 is 29.6. The van der Waals surface area contributed by atoms with E-state index in [0.29, 0.717) is 34.4 Å². The van der Waals surface area contributed by atoms with Gasteiger partial charge < -0.3 is 20.8 Å². The molecule has 38 heavy (non-hydrogen) atoms. The Morgan fingerprint density at radius 1 is 0.737 bits per heavy atom. The molecule has 0 fully saturated rings. The summed E-state index contributed by atoms with van der Waals surface area (Å²) in [5.74, 6) is -6.46. The summed E-state index contributed by atoms with van der Waals surface area (Å²) in [7, 11) is 1.37. The molecule has 12 heteroatoms. The average Bonchev–Trinajstić information content (AvgIpc) is 2.88. The summed E-state index contributed by atoms with van der Waals surface area (Å²) in [6.45, 7) is 6.88. The molecule has 8 nitrogen and oxygen atoms in total. The summed E-state index contributed by atoms with van der Waals surface area (Å²) in [6.07, 6.45) is 0.964. The molecule has 0 heterocycles. The Labute approximate surface area is 227 Å². The number of carboxylic acid groups (broad SMARTS) is 2. The van der Waals surface area contributed by atoms with Gasteiger partial charge in [0, 0.05) is 0 Å². The second-order valence-electron chi connectivity index (χ2n) is 8.75. The number of halogens is 2. The summed E-state index contributed by atoms with van der Waals surface area (Å²) in [6, 6.07) is 5.02. The van der Waals surface area contributed by atoms with E-state index in [1.54, 1.807) is 27.7 Å². The lowest BCUT2D eigenvalue weighted by molar-refractivity contribution is -0.141. The van der Waals surface area contributed by atoms with Crippen LogP contribution in [-0.4, -0.2) is 46.0 Å². The normalized spacial score (nSPS) is 14.2. The smallest absolute Gasteiger partial charge is 0.326 e. The molecule has 0 aromatic heterocycles. The van der Waals surface area contributed by atoms with E-state index in [0.717, 1.165) is 12.1 Å². The third-order valence-corrected chi connectivity index (χ3v) is 8.66. The second kappa shape index (κ2) is 14.1. The Hall–Kier alpha value is -3.12. The minimum atomic E-state index is -1.23. The summed E-state index contributed by atoms with van der Waals surface area (Å²) >= 11 is 0. The maximum absolute atomic E-state index is 14.8. The first-order chi connectivity index (χ1) is 17.9. The minimum absolute atomic E-state index is 0.151.